The van der Waals surface area contributed by atoms with Gasteiger partial charge >= 0.3 is 12.3 Å². The number of likely N-dealkylation sites (tertiary alicyclic amines) is 2. The van der Waals surface area contributed by atoms with Crippen LogP contribution >= 0.6 is 23.2 Å². The second-order valence-corrected chi connectivity index (χ2v) is 13.1. The molecule has 7 nitrogen and oxygen atoms in total. The summed E-state index contributed by atoms with van der Waals surface area (Å²) < 4.78 is 50.5. The molecule has 12 heteroatoms. The van der Waals surface area contributed by atoms with Crippen LogP contribution in [0.3, 0.4) is 0 Å². The van der Waals surface area contributed by atoms with Crippen molar-refractivity contribution in [1.29, 1.82) is 0 Å². The first kappa shape index (κ1) is 31.7. The molecule has 0 N–H and O–H groups in total. The largest absolute Gasteiger partial charge is 0.446 e. The Hall–Kier alpha value is -1.75. The molecule has 3 heterocycles. The van der Waals surface area contributed by atoms with Crippen molar-refractivity contribution in [3.8, 4) is 0 Å². The van der Waals surface area contributed by atoms with Crippen LogP contribution < -0.4 is 0 Å². The summed E-state index contributed by atoms with van der Waals surface area (Å²) in [5.41, 5.74) is 0.865. The van der Waals surface area contributed by atoms with Crippen molar-refractivity contribution >= 4 is 35.2 Å². The smallest absolute Gasteiger partial charge is 0.410 e. The molecule has 234 valence electrons. The monoisotopic (exact) mass is 633 g/mol. The van der Waals surface area contributed by atoms with E-state index in [1.54, 1.807) is 19.2 Å². The molecule has 3 saturated heterocycles. The molecule has 1 aromatic rings. The lowest BCUT2D eigenvalue weighted by molar-refractivity contribution is -0.186. The topological polar surface area (TPSA) is 62.3 Å². The summed E-state index contributed by atoms with van der Waals surface area (Å²) in [4.78, 5) is 32.9. The van der Waals surface area contributed by atoms with E-state index in [1.807, 2.05) is 11.0 Å². The fourth-order valence-electron chi connectivity index (χ4n) is 7.12. The van der Waals surface area contributed by atoms with Crippen LogP contribution in [0.4, 0.5) is 18.0 Å². The molecule has 1 aromatic carbocycles. The molecule has 1 aliphatic carbocycles. The molecule has 5 rings (SSSR count). The summed E-state index contributed by atoms with van der Waals surface area (Å²) in [6.07, 6.45) is -1.42. The van der Waals surface area contributed by atoms with Gasteiger partial charge in [0, 0.05) is 51.2 Å². The molecule has 0 unspecified atom stereocenters. The number of rotatable bonds is 5. The van der Waals surface area contributed by atoms with Gasteiger partial charge in [-0.1, -0.05) is 29.3 Å². The van der Waals surface area contributed by atoms with Gasteiger partial charge in [-0.2, -0.15) is 13.2 Å². The SMILES string of the molecule is CN(C(=O)O[C@H]1CC[C@H](C(F)(F)F)CC1)[C@@H]1CN(C(=O)C2CCN(C3CCOCC3)CC2)C[C@H]1c1ccc(Cl)c(Cl)c1. The van der Waals surface area contributed by atoms with Crippen molar-refractivity contribution < 1.29 is 32.2 Å². The summed E-state index contributed by atoms with van der Waals surface area (Å²) in [6.45, 7) is 4.13. The van der Waals surface area contributed by atoms with Crippen LogP contribution in [0.15, 0.2) is 18.2 Å². The number of ether oxygens (including phenoxy) is 2. The molecule has 0 bridgehead atoms. The predicted octanol–water partition coefficient (Wildman–Crippen LogP) is 6.37. The van der Waals surface area contributed by atoms with Crippen LogP contribution in [-0.2, 0) is 14.3 Å². The number of hydrogen-bond donors (Lipinski definition) is 0. The van der Waals surface area contributed by atoms with Crippen molar-refractivity contribution in [2.75, 3.05) is 46.4 Å². The third-order valence-electron chi connectivity index (χ3n) is 9.75. The molecule has 0 spiro atoms. The maximum absolute atomic E-state index is 13.8. The highest BCUT2D eigenvalue weighted by molar-refractivity contribution is 6.42. The Balaban J connectivity index is 1.24. The Morgan fingerprint density at radius 2 is 1.62 bits per heavy atom. The van der Waals surface area contributed by atoms with Crippen LogP contribution in [0.2, 0.25) is 10.0 Å². The summed E-state index contributed by atoms with van der Waals surface area (Å²) in [6, 6.07) is 5.49. The molecule has 2 amide bonds. The van der Waals surface area contributed by atoms with Gasteiger partial charge in [-0.05, 0) is 82.2 Å². The number of piperidine rings is 1. The van der Waals surface area contributed by atoms with Crippen LogP contribution in [0, 0.1) is 11.8 Å². The Kier molecular flexibility index (Phi) is 10.2. The maximum atomic E-state index is 13.8. The number of carbonyl (C=O) groups excluding carboxylic acids is 2. The van der Waals surface area contributed by atoms with Crippen LogP contribution in [0.25, 0.3) is 0 Å². The first-order chi connectivity index (χ1) is 20.0. The molecule has 4 aliphatic rings. The minimum Gasteiger partial charge on any atom is -0.446 e. The number of halogens is 5. The van der Waals surface area contributed by atoms with E-state index >= 15 is 0 Å². The minimum atomic E-state index is -4.22. The lowest BCUT2D eigenvalue weighted by Crippen LogP contribution is -2.47. The normalized spacial score (nSPS) is 28.6. The highest BCUT2D eigenvalue weighted by atomic mass is 35.5. The Morgan fingerprint density at radius 1 is 0.952 bits per heavy atom. The van der Waals surface area contributed by atoms with Crippen molar-refractivity contribution in [2.45, 2.75) is 81.6 Å². The van der Waals surface area contributed by atoms with Crippen molar-refractivity contribution in [1.82, 2.24) is 14.7 Å². The van der Waals surface area contributed by atoms with Crippen LogP contribution in [0.5, 0.6) is 0 Å². The van der Waals surface area contributed by atoms with Gasteiger partial charge in [0.1, 0.15) is 6.10 Å². The van der Waals surface area contributed by atoms with Crippen molar-refractivity contribution in [2.24, 2.45) is 11.8 Å². The third-order valence-corrected chi connectivity index (χ3v) is 10.5. The number of amides is 2. The molecule has 3 aliphatic heterocycles. The quantitative estimate of drug-likeness (QED) is 0.377. The summed E-state index contributed by atoms with van der Waals surface area (Å²) >= 11 is 12.5. The van der Waals surface area contributed by atoms with E-state index in [0.717, 1.165) is 57.6 Å². The van der Waals surface area contributed by atoms with E-state index in [0.29, 0.717) is 29.2 Å². The summed E-state index contributed by atoms with van der Waals surface area (Å²) in [5.74, 6) is -1.54. The highest BCUT2D eigenvalue weighted by Gasteiger charge is 2.45. The third kappa shape index (κ3) is 7.30. The minimum absolute atomic E-state index is 0.0455. The second-order valence-electron chi connectivity index (χ2n) is 12.3. The average molecular weight is 635 g/mol. The molecule has 2 atom stereocenters. The van der Waals surface area contributed by atoms with Gasteiger partial charge in [0.05, 0.1) is 22.0 Å². The highest BCUT2D eigenvalue weighted by Crippen LogP contribution is 2.39. The van der Waals surface area contributed by atoms with E-state index in [9.17, 15) is 22.8 Å². The standard InChI is InChI=1S/C30H40Cl2F3N3O4/c1-36(29(40)42-23-5-3-21(4-6-23)30(33,34)35)27-18-38(17-24(27)20-2-7-25(31)26(32)16-20)28(39)19-8-12-37(13-9-19)22-10-14-41-15-11-22/h2,7,16,19,21-24,27H,3-6,8-15,17-18H2,1H3/t21-,23-,24-,27+/m0/s1. The Morgan fingerprint density at radius 3 is 2.24 bits per heavy atom. The average Bonchev–Trinajstić information content (AvgIpc) is 3.43. The summed E-state index contributed by atoms with van der Waals surface area (Å²) in [5, 5.41) is 0.811. The van der Waals surface area contributed by atoms with Gasteiger partial charge in [-0.15, -0.1) is 0 Å². The number of benzene rings is 1. The van der Waals surface area contributed by atoms with Gasteiger partial charge in [0.25, 0.3) is 0 Å². The van der Waals surface area contributed by atoms with E-state index in [1.165, 1.54) is 4.90 Å². The number of carbonyl (C=O) groups is 2. The van der Waals surface area contributed by atoms with Gasteiger partial charge < -0.3 is 24.2 Å². The van der Waals surface area contributed by atoms with Crippen molar-refractivity contribution in [3.63, 3.8) is 0 Å². The lowest BCUT2D eigenvalue weighted by Gasteiger charge is -2.39. The van der Waals surface area contributed by atoms with Crippen molar-refractivity contribution in [3.05, 3.63) is 33.8 Å². The Labute approximate surface area is 255 Å². The number of likely N-dealkylation sites (N-methyl/N-ethyl adjacent to an activating group) is 1. The lowest BCUT2D eigenvalue weighted by atomic mass is 9.87. The van der Waals surface area contributed by atoms with Gasteiger partial charge in [-0.3, -0.25) is 4.79 Å². The zero-order chi connectivity index (χ0) is 30.0. The number of hydrogen-bond acceptors (Lipinski definition) is 5. The van der Waals surface area contributed by atoms with E-state index < -0.39 is 24.3 Å². The van der Waals surface area contributed by atoms with E-state index in [2.05, 4.69) is 4.90 Å². The molecule has 4 fully saturated rings. The molecular weight excluding hydrogens is 594 g/mol. The fourth-order valence-corrected chi connectivity index (χ4v) is 7.43. The van der Waals surface area contributed by atoms with Gasteiger partial charge in [-0.25, -0.2) is 4.79 Å². The number of nitrogens with zero attached hydrogens (tertiary/aromatic N) is 3. The molecule has 0 radical (unpaired) electrons. The van der Waals surface area contributed by atoms with Crippen LogP contribution in [-0.4, -0.2) is 97.5 Å². The Bertz CT molecular complexity index is 1100. The first-order valence-electron chi connectivity index (χ1n) is 15.1. The second kappa shape index (κ2) is 13.5. The maximum Gasteiger partial charge on any atom is 0.410 e. The predicted molar refractivity (Wildman–Crippen MR) is 154 cm³/mol. The zero-order valence-electron chi connectivity index (χ0n) is 24.0. The molecular formula is C30H40Cl2F3N3O4. The van der Waals surface area contributed by atoms with Gasteiger partial charge in [0.2, 0.25) is 5.91 Å². The first-order valence-corrected chi connectivity index (χ1v) is 15.8. The van der Waals surface area contributed by atoms with E-state index in [4.69, 9.17) is 32.7 Å². The van der Waals surface area contributed by atoms with E-state index in [-0.39, 0.29) is 49.5 Å². The summed E-state index contributed by atoms with van der Waals surface area (Å²) in [7, 11) is 1.64. The molecule has 0 aromatic heterocycles. The molecule has 1 saturated carbocycles. The van der Waals surface area contributed by atoms with Gasteiger partial charge in [0.15, 0.2) is 0 Å². The number of alkyl halides is 3. The molecule has 42 heavy (non-hydrogen) atoms. The fraction of sp³-hybridized carbons (Fsp3) is 0.733. The zero-order valence-corrected chi connectivity index (χ0v) is 25.5. The van der Waals surface area contributed by atoms with Crippen LogP contribution in [0.1, 0.15) is 62.8 Å².